The van der Waals surface area contributed by atoms with Crippen LogP contribution in [-0.4, -0.2) is 29.1 Å². The van der Waals surface area contributed by atoms with Gasteiger partial charge in [-0.1, -0.05) is 17.3 Å². The van der Waals surface area contributed by atoms with Crippen molar-refractivity contribution in [2.45, 2.75) is 25.8 Å². The molecule has 2 aliphatic heterocycles. The van der Waals surface area contributed by atoms with E-state index < -0.39 is 0 Å². The number of fused-ring (bicyclic) bond motifs is 1. The van der Waals surface area contributed by atoms with Crippen molar-refractivity contribution < 1.29 is 9.32 Å². The van der Waals surface area contributed by atoms with Crippen molar-refractivity contribution in [3.8, 4) is 22.2 Å². The molecule has 0 saturated carbocycles. The number of carbonyl (C=O) groups excluding carboxylic acids is 1. The molecule has 2 aliphatic rings. The summed E-state index contributed by atoms with van der Waals surface area (Å²) in [6.07, 6.45) is 2.58. The summed E-state index contributed by atoms with van der Waals surface area (Å²) in [6.45, 7) is 2.69. The summed E-state index contributed by atoms with van der Waals surface area (Å²) in [6, 6.07) is 9.93. The molecule has 4 heterocycles. The molecular formula is C19H18N4O2S. The second-order valence-corrected chi connectivity index (χ2v) is 7.74. The minimum atomic E-state index is 0.175. The average molecular weight is 366 g/mol. The zero-order valence-electron chi connectivity index (χ0n) is 14.2. The molecule has 0 aliphatic carbocycles. The van der Waals surface area contributed by atoms with Crippen molar-refractivity contribution in [1.29, 1.82) is 0 Å². The lowest BCUT2D eigenvalue weighted by molar-refractivity contribution is -0.117. The summed E-state index contributed by atoms with van der Waals surface area (Å²) in [7, 11) is 0. The minimum Gasteiger partial charge on any atom is -0.333 e. The molecule has 0 unspecified atom stereocenters. The topological polar surface area (TPSA) is 71.3 Å². The second-order valence-electron chi connectivity index (χ2n) is 6.61. The molecule has 1 N–H and O–H groups in total. The molecule has 1 amide bonds. The van der Waals surface area contributed by atoms with Gasteiger partial charge in [0.15, 0.2) is 0 Å². The number of anilines is 1. The van der Waals surface area contributed by atoms with Crippen molar-refractivity contribution in [2.75, 3.05) is 18.0 Å². The molecular weight excluding hydrogens is 348 g/mol. The Hall–Kier alpha value is -2.51. The fraction of sp³-hybridized carbons (Fsp3) is 0.316. The molecule has 3 aromatic rings. The lowest BCUT2D eigenvalue weighted by atomic mass is 10.1. The largest absolute Gasteiger partial charge is 0.333 e. The molecule has 0 atom stereocenters. The van der Waals surface area contributed by atoms with E-state index in [9.17, 15) is 4.79 Å². The first kappa shape index (κ1) is 15.7. The van der Waals surface area contributed by atoms with Crippen LogP contribution < -0.4 is 10.2 Å². The van der Waals surface area contributed by atoms with Crippen LogP contribution in [-0.2, 0) is 17.8 Å². The van der Waals surface area contributed by atoms with Gasteiger partial charge in [-0.15, -0.1) is 11.3 Å². The van der Waals surface area contributed by atoms with E-state index in [1.165, 1.54) is 10.4 Å². The van der Waals surface area contributed by atoms with E-state index in [2.05, 4.69) is 21.5 Å². The maximum absolute atomic E-state index is 12.0. The number of nitrogens with one attached hydrogen (secondary N) is 1. The Kier molecular flexibility index (Phi) is 3.83. The maximum Gasteiger partial charge on any atom is 0.268 e. The van der Waals surface area contributed by atoms with E-state index in [0.717, 1.165) is 48.6 Å². The Morgan fingerprint density at radius 3 is 3.04 bits per heavy atom. The molecule has 6 nitrogen and oxygen atoms in total. The molecule has 0 radical (unpaired) electrons. The highest BCUT2D eigenvalue weighted by molar-refractivity contribution is 7.15. The standard InChI is InChI=1S/C19H18N4O2S/c24-17-5-2-8-23(17)14-4-1-3-12(9-14)18-21-19(25-22-18)16-10-13-11-20-7-6-15(13)26-16/h1,3-4,9-10,20H,2,5-8,11H2. The Balaban J connectivity index is 1.45. The number of rotatable bonds is 3. The normalized spacial score (nSPS) is 16.9. The van der Waals surface area contributed by atoms with Crippen LogP contribution in [0.2, 0.25) is 0 Å². The molecule has 5 rings (SSSR count). The Bertz CT molecular complexity index is 954. The van der Waals surface area contributed by atoms with Crippen LogP contribution in [0.25, 0.3) is 22.2 Å². The van der Waals surface area contributed by atoms with Crippen LogP contribution in [0.5, 0.6) is 0 Å². The van der Waals surface area contributed by atoms with E-state index in [1.54, 1.807) is 11.3 Å². The summed E-state index contributed by atoms with van der Waals surface area (Å²) in [4.78, 5) is 20.8. The van der Waals surface area contributed by atoms with E-state index in [4.69, 9.17) is 4.52 Å². The van der Waals surface area contributed by atoms with Crippen molar-refractivity contribution in [3.63, 3.8) is 0 Å². The maximum atomic E-state index is 12.0. The van der Waals surface area contributed by atoms with Gasteiger partial charge in [0.25, 0.3) is 5.89 Å². The fourth-order valence-corrected chi connectivity index (χ4v) is 4.64. The van der Waals surface area contributed by atoms with Gasteiger partial charge in [0.05, 0.1) is 4.88 Å². The van der Waals surface area contributed by atoms with Crippen molar-refractivity contribution in [2.24, 2.45) is 0 Å². The van der Waals surface area contributed by atoms with Gasteiger partial charge in [0, 0.05) is 42.2 Å². The number of amides is 1. The molecule has 1 aromatic carbocycles. The van der Waals surface area contributed by atoms with Crippen LogP contribution in [0.15, 0.2) is 34.9 Å². The summed E-state index contributed by atoms with van der Waals surface area (Å²) < 4.78 is 5.52. The van der Waals surface area contributed by atoms with Gasteiger partial charge >= 0.3 is 0 Å². The molecule has 1 fully saturated rings. The van der Waals surface area contributed by atoms with Gasteiger partial charge < -0.3 is 14.7 Å². The highest BCUT2D eigenvalue weighted by atomic mass is 32.1. The van der Waals surface area contributed by atoms with E-state index in [1.807, 2.05) is 29.2 Å². The lowest BCUT2D eigenvalue weighted by Crippen LogP contribution is -2.23. The van der Waals surface area contributed by atoms with Gasteiger partial charge in [-0.2, -0.15) is 4.98 Å². The van der Waals surface area contributed by atoms with E-state index >= 15 is 0 Å². The van der Waals surface area contributed by atoms with E-state index in [-0.39, 0.29) is 5.91 Å². The van der Waals surface area contributed by atoms with Crippen molar-refractivity contribution in [3.05, 3.63) is 40.8 Å². The predicted molar refractivity (Wildman–Crippen MR) is 100 cm³/mol. The third kappa shape index (κ3) is 2.73. The second kappa shape index (κ2) is 6.34. The summed E-state index contributed by atoms with van der Waals surface area (Å²) >= 11 is 1.73. The van der Waals surface area contributed by atoms with Gasteiger partial charge in [0.1, 0.15) is 0 Å². The third-order valence-corrected chi connectivity index (χ3v) is 6.09. The SMILES string of the molecule is O=C1CCCN1c1cccc(-c2noc(-c3cc4c(s3)CCNC4)n2)c1. The molecule has 132 valence electrons. The monoisotopic (exact) mass is 366 g/mol. The number of carbonyl (C=O) groups is 1. The van der Waals surface area contributed by atoms with Crippen molar-refractivity contribution in [1.82, 2.24) is 15.5 Å². The number of benzene rings is 1. The zero-order chi connectivity index (χ0) is 17.5. The quantitative estimate of drug-likeness (QED) is 0.770. The Morgan fingerprint density at radius 1 is 1.23 bits per heavy atom. The number of hydrogen-bond acceptors (Lipinski definition) is 6. The Morgan fingerprint density at radius 2 is 2.19 bits per heavy atom. The van der Waals surface area contributed by atoms with Crippen LogP contribution >= 0.6 is 11.3 Å². The molecule has 2 aromatic heterocycles. The zero-order valence-corrected chi connectivity index (χ0v) is 15.0. The summed E-state index contributed by atoms with van der Waals surface area (Å²) in [5, 5.41) is 7.54. The number of hydrogen-bond donors (Lipinski definition) is 1. The van der Waals surface area contributed by atoms with Gasteiger partial charge in [0.2, 0.25) is 11.7 Å². The summed E-state index contributed by atoms with van der Waals surface area (Å²) in [5.41, 5.74) is 3.08. The smallest absolute Gasteiger partial charge is 0.268 e. The first-order chi connectivity index (χ1) is 12.8. The first-order valence-electron chi connectivity index (χ1n) is 8.85. The number of aromatic nitrogens is 2. The molecule has 1 saturated heterocycles. The molecule has 26 heavy (non-hydrogen) atoms. The van der Waals surface area contributed by atoms with Gasteiger partial charge in [-0.25, -0.2) is 0 Å². The van der Waals surface area contributed by atoms with Crippen LogP contribution in [0.3, 0.4) is 0 Å². The summed E-state index contributed by atoms with van der Waals surface area (Å²) in [5.74, 6) is 1.29. The fourth-order valence-electron chi connectivity index (χ4n) is 3.53. The van der Waals surface area contributed by atoms with Gasteiger partial charge in [-0.05, 0) is 36.6 Å². The van der Waals surface area contributed by atoms with Crippen molar-refractivity contribution >= 4 is 22.9 Å². The van der Waals surface area contributed by atoms with Gasteiger partial charge in [-0.3, -0.25) is 4.79 Å². The average Bonchev–Trinajstić information content (AvgIpc) is 3.40. The molecule has 7 heteroatoms. The predicted octanol–water partition coefficient (Wildman–Crippen LogP) is 3.24. The number of thiophene rings is 1. The highest BCUT2D eigenvalue weighted by Crippen LogP contribution is 2.34. The number of nitrogens with zero attached hydrogens (tertiary/aromatic N) is 3. The first-order valence-corrected chi connectivity index (χ1v) is 9.67. The highest BCUT2D eigenvalue weighted by Gasteiger charge is 2.23. The Labute approximate surface area is 154 Å². The minimum absolute atomic E-state index is 0.175. The van der Waals surface area contributed by atoms with Crippen LogP contribution in [0.4, 0.5) is 5.69 Å². The van der Waals surface area contributed by atoms with Crippen LogP contribution in [0, 0.1) is 0 Å². The lowest BCUT2D eigenvalue weighted by Gasteiger charge is -2.15. The van der Waals surface area contributed by atoms with E-state index in [0.29, 0.717) is 18.1 Å². The van der Waals surface area contributed by atoms with Crippen LogP contribution in [0.1, 0.15) is 23.3 Å². The third-order valence-electron chi connectivity index (χ3n) is 4.87. The molecule has 0 bridgehead atoms. The molecule has 0 spiro atoms.